The Balaban J connectivity index is 2.26. The first kappa shape index (κ1) is 17.4. The summed E-state index contributed by atoms with van der Waals surface area (Å²) >= 11 is 0. The number of aliphatic hydroxyl groups excluding tert-OH is 1. The zero-order chi connectivity index (χ0) is 15.1. The summed E-state index contributed by atoms with van der Waals surface area (Å²) in [4.78, 5) is 12.0. The second-order valence-electron chi connectivity index (χ2n) is 6.71. The maximum atomic E-state index is 12.0. The van der Waals surface area contributed by atoms with E-state index in [4.69, 9.17) is 5.84 Å². The molecule has 1 aliphatic rings. The molecule has 20 heavy (non-hydrogen) atoms. The minimum absolute atomic E-state index is 0.00401. The van der Waals surface area contributed by atoms with E-state index in [1.165, 1.54) is 37.1 Å². The largest absolute Gasteiger partial charge is 0.393 e. The predicted octanol–water partition coefficient (Wildman–Crippen LogP) is 2.84. The van der Waals surface area contributed by atoms with E-state index in [0.29, 0.717) is 6.42 Å². The summed E-state index contributed by atoms with van der Waals surface area (Å²) in [6.45, 7) is 5.64. The molecule has 1 fully saturated rings. The number of nitrogens with zero attached hydrogens (tertiary/aromatic N) is 1. The van der Waals surface area contributed by atoms with Crippen molar-refractivity contribution >= 4 is 5.91 Å². The number of hydrazine groups is 1. The third-order valence-electron chi connectivity index (χ3n) is 4.49. The van der Waals surface area contributed by atoms with Crippen LogP contribution in [-0.4, -0.2) is 28.2 Å². The molecule has 0 bridgehead atoms. The van der Waals surface area contributed by atoms with Gasteiger partial charge in [-0.25, -0.2) is 5.84 Å². The molecule has 0 heterocycles. The quantitative estimate of drug-likeness (QED) is 0.429. The highest BCUT2D eigenvalue weighted by Crippen LogP contribution is 2.28. The van der Waals surface area contributed by atoms with Gasteiger partial charge in [-0.05, 0) is 39.0 Å². The third kappa shape index (κ3) is 5.80. The second-order valence-corrected chi connectivity index (χ2v) is 6.71. The van der Waals surface area contributed by atoms with Crippen LogP contribution in [0.4, 0.5) is 0 Å². The molecule has 0 saturated heterocycles. The van der Waals surface area contributed by atoms with E-state index in [9.17, 15) is 9.90 Å². The van der Waals surface area contributed by atoms with Gasteiger partial charge in [0.15, 0.2) is 0 Å². The Morgan fingerprint density at radius 1 is 1.25 bits per heavy atom. The first-order valence-electron chi connectivity index (χ1n) is 8.17. The smallest absolute Gasteiger partial charge is 0.239 e. The van der Waals surface area contributed by atoms with E-state index in [-0.39, 0.29) is 24.0 Å². The van der Waals surface area contributed by atoms with E-state index in [1.807, 2.05) is 20.8 Å². The number of hydrogen-bond donors (Lipinski definition) is 2. The summed E-state index contributed by atoms with van der Waals surface area (Å²) in [5, 5.41) is 11.4. The Bertz CT molecular complexity index is 288. The maximum absolute atomic E-state index is 12.0. The zero-order valence-electron chi connectivity index (χ0n) is 13.3. The Morgan fingerprint density at radius 2 is 1.85 bits per heavy atom. The fraction of sp³-hybridized carbons (Fsp3) is 0.938. The standard InChI is InChI=1S/C16H32N2O2/c1-12(2)18(17)16(20)13(3)11-15(19)10-9-14-7-5-4-6-8-14/h12-15,19H,4-11,17H2,1-3H3. The van der Waals surface area contributed by atoms with Gasteiger partial charge in [-0.3, -0.25) is 9.80 Å². The number of carbonyl (C=O) groups is 1. The van der Waals surface area contributed by atoms with Crippen LogP contribution in [0.3, 0.4) is 0 Å². The highest BCUT2D eigenvalue weighted by atomic mass is 16.3. The van der Waals surface area contributed by atoms with Gasteiger partial charge in [-0.1, -0.05) is 39.0 Å². The van der Waals surface area contributed by atoms with E-state index in [0.717, 1.165) is 18.8 Å². The molecular weight excluding hydrogens is 252 g/mol. The van der Waals surface area contributed by atoms with Crippen molar-refractivity contribution in [2.24, 2.45) is 17.7 Å². The predicted molar refractivity (Wildman–Crippen MR) is 81.8 cm³/mol. The lowest BCUT2D eigenvalue weighted by molar-refractivity contribution is -0.138. The topological polar surface area (TPSA) is 66.6 Å². The highest BCUT2D eigenvalue weighted by molar-refractivity contribution is 5.78. The molecule has 0 aromatic rings. The Hall–Kier alpha value is -0.610. The number of hydrogen-bond acceptors (Lipinski definition) is 3. The maximum Gasteiger partial charge on any atom is 0.239 e. The minimum atomic E-state index is -0.378. The van der Waals surface area contributed by atoms with Gasteiger partial charge in [-0.2, -0.15) is 0 Å². The lowest BCUT2D eigenvalue weighted by Crippen LogP contribution is -2.45. The van der Waals surface area contributed by atoms with Crippen LogP contribution in [0.15, 0.2) is 0 Å². The van der Waals surface area contributed by atoms with Gasteiger partial charge in [0.05, 0.1) is 6.10 Å². The van der Waals surface area contributed by atoms with Crippen molar-refractivity contribution in [3.8, 4) is 0 Å². The van der Waals surface area contributed by atoms with Gasteiger partial charge in [0.1, 0.15) is 0 Å². The number of rotatable bonds is 7. The number of carbonyl (C=O) groups excluding carboxylic acids is 1. The molecule has 0 aliphatic heterocycles. The van der Waals surface area contributed by atoms with Crippen LogP contribution < -0.4 is 5.84 Å². The molecule has 2 atom stereocenters. The third-order valence-corrected chi connectivity index (χ3v) is 4.49. The van der Waals surface area contributed by atoms with E-state index in [2.05, 4.69) is 0 Å². The van der Waals surface area contributed by atoms with Gasteiger partial charge >= 0.3 is 0 Å². The molecule has 0 radical (unpaired) electrons. The average molecular weight is 284 g/mol. The van der Waals surface area contributed by atoms with Gasteiger partial charge in [0.25, 0.3) is 0 Å². The lowest BCUT2D eigenvalue weighted by atomic mass is 9.85. The van der Waals surface area contributed by atoms with Crippen molar-refractivity contribution in [3.63, 3.8) is 0 Å². The molecule has 1 saturated carbocycles. The first-order valence-corrected chi connectivity index (χ1v) is 8.17. The Morgan fingerprint density at radius 3 is 2.40 bits per heavy atom. The number of amides is 1. The molecular formula is C16H32N2O2. The lowest BCUT2D eigenvalue weighted by Gasteiger charge is -2.26. The summed E-state index contributed by atoms with van der Waals surface area (Å²) in [5.41, 5.74) is 0. The van der Waals surface area contributed by atoms with E-state index >= 15 is 0 Å². The zero-order valence-corrected chi connectivity index (χ0v) is 13.3. The van der Waals surface area contributed by atoms with Gasteiger partial charge < -0.3 is 5.11 Å². The summed E-state index contributed by atoms with van der Waals surface area (Å²) < 4.78 is 0. The monoisotopic (exact) mass is 284 g/mol. The fourth-order valence-electron chi connectivity index (χ4n) is 3.04. The molecule has 0 aromatic heterocycles. The van der Waals surface area contributed by atoms with Crippen LogP contribution in [0, 0.1) is 11.8 Å². The molecule has 2 unspecified atom stereocenters. The molecule has 0 aromatic carbocycles. The van der Waals surface area contributed by atoms with Crippen LogP contribution in [0.1, 0.15) is 72.1 Å². The van der Waals surface area contributed by atoms with E-state index in [1.54, 1.807) is 0 Å². The van der Waals surface area contributed by atoms with Crippen LogP contribution in [0.25, 0.3) is 0 Å². The SMILES string of the molecule is CC(CC(O)CCC1CCCCC1)C(=O)N(N)C(C)C. The van der Waals surface area contributed by atoms with Crippen molar-refractivity contribution in [1.82, 2.24) is 5.01 Å². The molecule has 4 heteroatoms. The Kier molecular flexibility index (Phi) is 7.52. The summed E-state index contributed by atoms with van der Waals surface area (Å²) in [7, 11) is 0. The van der Waals surface area contributed by atoms with Crippen LogP contribution in [0.2, 0.25) is 0 Å². The highest BCUT2D eigenvalue weighted by Gasteiger charge is 2.23. The molecule has 3 N–H and O–H groups in total. The van der Waals surface area contributed by atoms with Crippen molar-refractivity contribution in [1.29, 1.82) is 0 Å². The Labute approximate surface area is 123 Å². The van der Waals surface area contributed by atoms with Gasteiger partial charge in [0, 0.05) is 12.0 Å². The van der Waals surface area contributed by atoms with Gasteiger partial charge in [0.2, 0.25) is 5.91 Å². The molecule has 118 valence electrons. The normalized spacial score (nSPS) is 19.9. The number of nitrogens with two attached hydrogens (primary N) is 1. The summed E-state index contributed by atoms with van der Waals surface area (Å²) in [6.07, 6.45) is 8.72. The average Bonchev–Trinajstić information content (AvgIpc) is 2.44. The molecule has 1 aliphatic carbocycles. The number of aliphatic hydroxyl groups is 1. The minimum Gasteiger partial charge on any atom is -0.393 e. The molecule has 1 amide bonds. The van der Waals surface area contributed by atoms with Crippen molar-refractivity contribution in [3.05, 3.63) is 0 Å². The van der Waals surface area contributed by atoms with Crippen LogP contribution in [0.5, 0.6) is 0 Å². The molecule has 4 nitrogen and oxygen atoms in total. The van der Waals surface area contributed by atoms with Gasteiger partial charge in [-0.15, -0.1) is 0 Å². The van der Waals surface area contributed by atoms with E-state index < -0.39 is 0 Å². The van der Waals surface area contributed by atoms with Crippen molar-refractivity contribution in [2.75, 3.05) is 0 Å². The summed E-state index contributed by atoms with van der Waals surface area (Å²) in [5.74, 6) is 6.24. The first-order chi connectivity index (χ1) is 9.41. The second kappa shape index (κ2) is 8.63. The van der Waals surface area contributed by atoms with Crippen LogP contribution >= 0.6 is 0 Å². The van der Waals surface area contributed by atoms with Crippen molar-refractivity contribution in [2.45, 2.75) is 84.3 Å². The fourth-order valence-corrected chi connectivity index (χ4v) is 3.04. The van der Waals surface area contributed by atoms with Crippen LogP contribution in [-0.2, 0) is 4.79 Å². The molecule has 0 spiro atoms. The molecule has 1 rings (SSSR count). The summed E-state index contributed by atoms with van der Waals surface area (Å²) in [6, 6.07) is 0.00401. The van der Waals surface area contributed by atoms with Crippen molar-refractivity contribution < 1.29 is 9.90 Å².